The Labute approximate surface area is 232 Å². The third-order valence-electron chi connectivity index (χ3n) is 7.73. The van der Waals surface area contributed by atoms with E-state index in [4.69, 9.17) is 15.2 Å². The van der Waals surface area contributed by atoms with Crippen LogP contribution in [0.1, 0.15) is 43.1 Å². The molecule has 2 N–H and O–H groups in total. The molecule has 5 heterocycles. The topological polar surface area (TPSA) is 90.8 Å². The summed E-state index contributed by atoms with van der Waals surface area (Å²) in [6, 6.07) is 8.16. The van der Waals surface area contributed by atoms with Gasteiger partial charge in [0.2, 0.25) is 0 Å². The van der Waals surface area contributed by atoms with Gasteiger partial charge in [-0.3, -0.25) is 4.98 Å². The first-order valence-electron chi connectivity index (χ1n) is 13.9. The first kappa shape index (κ1) is 26.7. The van der Waals surface area contributed by atoms with Gasteiger partial charge in [0.15, 0.2) is 0 Å². The molecule has 4 aromatic rings. The molecule has 0 aliphatic carbocycles. The Morgan fingerprint density at radius 3 is 2.65 bits per heavy atom. The van der Waals surface area contributed by atoms with Crippen molar-refractivity contribution >= 4 is 11.2 Å². The second kappa shape index (κ2) is 11.6. The third-order valence-corrected chi connectivity index (χ3v) is 7.73. The number of nitrogens with two attached hydrogens (primary N) is 1. The van der Waals surface area contributed by atoms with E-state index in [-0.39, 0.29) is 30.0 Å². The molecule has 0 spiro atoms. The van der Waals surface area contributed by atoms with Crippen LogP contribution in [0.25, 0.3) is 16.8 Å². The summed E-state index contributed by atoms with van der Waals surface area (Å²) in [7, 11) is 0. The highest BCUT2D eigenvalue weighted by atomic mass is 19.1. The lowest BCUT2D eigenvalue weighted by Gasteiger charge is -2.37. The molecule has 0 unspecified atom stereocenters. The number of piperidine rings is 1. The van der Waals surface area contributed by atoms with Crippen LogP contribution in [0.15, 0.2) is 48.9 Å². The van der Waals surface area contributed by atoms with E-state index in [0.717, 1.165) is 49.1 Å². The fourth-order valence-electron chi connectivity index (χ4n) is 5.83. The van der Waals surface area contributed by atoms with Gasteiger partial charge in [-0.1, -0.05) is 6.92 Å². The minimum absolute atomic E-state index is 0.0404. The molecule has 8 nitrogen and oxygen atoms in total. The SMILES string of the molecule is C[C@@H]1C[C@H](N)CN(c2ccncc2Cc2ncc3ccc(-c4c(F)cc(COC5CCOCC5)cc4F)nn23)C1. The number of imidazole rings is 1. The highest BCUT2D eigenvalue weighted by Gasteiger charge is 2.25. The summed E-state index contributed by atoms with van der Waals surface area (Å²) in [5, 5.41) is 4.61. The number of hydrogen-bond acceptors (Lipinski definition) is 7. The zero-order valence-corrected chi connectivity index (χ0v) is 22.6. The fraction of sp³-hybridized carbons (Fsp3) is 0.433. The van der Waals surface area contributed by atoms with Gasteiger partial charge in [0, 0.05) is 62.4 Å². The molecule has 2 fully saturated rings. The molecular weight excluding hydrogens is 514 g/mol. The van der Waals surface area contributed by atoms with Gasteiger partial charge in [-0.15, -0.1) is 0 Å². The number of aromatic nitrogens is 4. The average molecular weight is 549 g/mol. The van der Waals surface area contributed by atoms with Crippen LogP contribution < -0.4 is 10.6 Å². The predicted octanol–water partition coefficient (Wildman–Crippen LogP) is 4.53. The summed E-state index contributed by atoms with van der Waals surface area (Å²) in [5.74, 6) is -0.206. The Morgan fingerprint density at radius 1 is 1.07 bits per heavy atom. The van der Waals surface area contributed by atoms with E-state index < -0.39 is 11.6 Å². The van der Waals surface area contributed by atoms with Crippen molar-refractivity contribution < 1.29 is 18.3 Å². The van der Waals surface area contributed by atoms with Gasteiger partial charge in [-0.05, 0) is 61.1 Å². The molecular formula is C30H34F2N6O2. The number of fused-ring (bicyclic) bond motifs is 1. The number of hydrogen-bond donors (Lipinski definition) is 1. The first-order chi connectivity index (χ1) is 19.4. The van der Waals surface area contributed by atoms with Gasteiger partial charge in [-0.25, -0.2) is 18.3 Å². The van der Waals surface area contributed by atoms with Gasteiger partial charge in [-0.2, -0.15) is 5.10 Å². The second-order valence-electron chi connectivity index (χ2n) is 11.0. The summed E-state index contributed by atoms with van der Waals surface area (Å²) in [5.41, 5.74) is 9.59. The van der Waals surface area contributed by atoms with Crippen LogP contribution in [0.3, 0.4) is 0 Å². The summed E-state index contributed by atoms with van der Waals surface area (Å²) in [6.07, 6.45) is 8.41. The minimum Gasteiger partial charge on any atom is -0.381 e. The Hall–Kier alpha value is -3.47. The largest absolute Gasteiger partial charge is 0.381 e. The molecule has 0 bridgehead atoms. The molecule has 0 saturated carbocycles. The van der Waals surface area contributed by atoms with Crippen molar-refractivity contribution in [3.63, 3.8) is 0 Å². The molecule has 3 aromatic heterocycles. The lowest BCUT2D eigenvalue weighted by molar-refractivity contribution is -0.0391. The highest BCUT2D eigenvalue weighted by Crippen LogP contribution is 2.29. The van der Waals surface area contributed by atoms with E-state index in [2.05, 4.69) is 26.9 Å². The van der Waals surface area contributed by atoms with E-state index in [0.29, 0.717) is 36.9 Å². The predicted molar refractivity (Wildman–Crippen MR) is 148 cm³/mol. The number of anilines is 1. The van der Waals surface area contributed by atoms with E-state index in [1.54, 1.807) is 29.0 Å². The lowest BCUT2D eigenvalue weighted by Crippen LogP contribution is -2.46. The van der Waals surface area contributed by atoms with E-state index in [1.807, 2.05) is 12.3 Å². The standard InChI is InChI=1S/C30H34F2N6O2/c1-19-10-22(33)17-37(16-19)28-4-7-34-14-21(28)13-29-35-15-23-2-3-27(36-38(23)29)30-25(31)11-20(12-26(30)32)18-40-24-5-8-39-9-6-24/h2-4,7,11-12,14-15,19,22,24H,5-6,8-10,13,16-18,33H2,1H3/t19-,22+/m1/s1. The zero-order chi connectivity index (χ0) is 27.6. The van der Waals surface area contributed by atoms with Crippen LogP contribution in [-0.2, 0) is 22.5 Å². The number of halogens is 2. The third kappa shape index (κ3) is 5.70. The van der Waals surface area contributed by atoms with Crippen molar-refractivity contribution in [2.24, 2.45) is 11.7 Å². The minimum atomic E-state index is -0.677. The van der Waals surface area contributed by atoms with Crippen molar-refractivity contribution in [3.05, 3.63) is 77.5 Å². The van der Waals surface area contributed by atoms with Crippen molar-refractivity contribution in [2.75, 3.05) is 31.2 Å². The lowest BCUT2D eigenvalue weighted by atomic mass is 9.95. The maximum absolute atomic E-state index is 15.3. The van der Waals surface area contributed by atoms with E-state index in [1.165, 1.54) is 12.1 Å². The summed E-state index contributed by atoms with van der Waals surface area (Å²) in [4.78, 5) is 11.2. The smallest absolute Gasteiger partial charge is 0.135 e. The number of benzene rings is 1. The van der Waals surface area contributed by atoms with Crippen LogP contribution in [0.5, 0.6) is 0 Å². The van der Waals surface area contributed by atoms with Crippen molar-refractivity contribution in [2.45, 2.75) is 51.4 Å². The molecule has 2 aliphatic rings. The Morgan fingerprint density at radius 2 is 1.88 bits per heavy atom. The van der Waals surface area contributed by atoms with Gasteiger partial charge >= 0.3 is 0 Å². The summed E-state index contributed by atoms with van der Waals surface area (Å²) < 4.78 is 43.3. The van der Waals surface area contributed by atoms with Crippen LogP contribution in [0.4, 0.5) is 14.5 Å². The van der Waals surface area contributed by atoms with Crippen molar-refractivity contribution in [1.82, 2.24) is 19.6 Å². The molecule has 10 heteroatoms. The van der Waals surface area contributed by atoms with Gasteiger partial charge in [0.1, 0.15) is 17.5 Å². The van der Waals surface area contributed by atoms with Crippen LogP contribution in [0.2, 0.25) is 0 Å². The normalized spacial score (nSPS) is 20.4. The number of nitrogens with zero attached hydrogens (tertiary/aromatic N) is 5. The number of pyridine rings is 1. The van der Waals surface area contributed by atoms with E-state index >= 15 is 8.78 Å². The van der Waals surface area contributed by atoms with E-state index in [9.17, 15) is 0 Å². The van der Waals surface area contributed by atoms with Crippen molar-refractivity contribution in [3.8, 4) is 11.3 Å². The average Bonchev–Trinajstić information content (AvgIpc) is 3.34. The monoisotopic (exact) mass is 548 g/mol. The van der Waals surface area contributed by atoms with Crippen LogP contribution >= 0.6 is 0 Å². The van der Waals surface area contributed by atoms with Crippen LogP contribution in [-0.4, -0.2) is 58.0 Å². The molecule has 2 atom stereocenters. The Bertz CT molecular complexity index is 1460. The molecule has 1 aromatic carbocycles. The summed E-state index contributed by atoms with van der Waals surface area (Å²) >= 11 is 0. The van der Waals surface area contributed by atoms with Crippen LogP contribution in [0, 0.1) is 17.6 Å². The molecule has 210 valence electrons. The zero-order valence-electron chi connectivity index (χ0n) is 22.6. The number of ether oxygens (including phenoxy) is 2. The molecule has 40 heavy (non-hydrogen) atoms. The Kier molecular flexibility index (Phi) is 7.73. The van der Waals surface area contributed by atoms with Gasteiger partial charge < -0.3 is 20.1 Å². The number of rotatable bonds is 7. The maximum atomic E-state index is 15.3. The maximum Gasteiger partial charge on any atom is 0.135 e. The van der Waals surface area contributed by atoms with Gasteiger partial charge in [0.25, 0.3) is 0 Å². The molecule has 0 amide bonds. The molecule has 2 aliphatic heterocycles. The summed E-state index contributed by atoms with van der Waals surface area (Å²) in [6.45, 7) is 5.34. The first-order valence-corrected chi connectivity index (χ1v) is 13.9. The molecule has 6 rings (SSSR count). The Balaban J connectivity index is 1.26. The quantitative estimate of drug-likeness (QED) is 0.363. The highest BCUT2D eigenvalue weighted by molar-refractivity contribution is 5.63. The van der Waals surface area contributed by atoms with Gasteiger partial charge in [0.05, 0.1) is 35.7 Å². The van der Waals surface area contributed by atoms with Crippen molar-refractivity contribution in [1.29, 1.82) is 0 Å². The molecule has 2 saturated heterocycles. The fourth-order valence-corrected chi connectivity index (χ4v) is 5.83. The molecule has 0 radical (unpaired) electrons. The second-order valence-corrected chi connectivity index (χ2v) is 11.0.